The molecule has 1 aromatic heterocycles. The maximum atomic E-state index is 14.3. The summed E-state index contributed by atoms with van der Waals surface area (Å²) in [6.07, 6.45) is 0.963. The van der Waals surface area contributed by atoms with Crippen molar-refractivity contribution in [2.75, 3.05) is 19.7 Å². The Morgan fingerprint density at radius 2 is 2.27 bits per heavy atom. The molecule has 0 bridgehead atoms. The number of halogens is 2. The maximum Gasteiger partial charge on any atom is 0.423 e. The lowest BCUT2D eigenvalue weighted by atomic mass is 10.1. The van der Waals surface area contributed by atoms with Gasteiger partial charge in [-0.1, -0.05) is 6.07 Å². The predicted octanol–water partition coefficient (Wildman–Crippen LogP) is 1.11. The molecule has 1 aromatic carbocycles. The number of rotatable bonds is 3. The average molecular weight is 330 g/mol. The molecule has 1 aliphatic heterocycles. The number of nitrogens with zero attached hydrogens (tertiary/aromatic N) is 1. The molecule has 1 saturated heterocycles. The van der Waals surface area contributed by atoms with Gasteiger partial charge in [0.1, 0.15) is 12.1 Å². The van der Waals surface area contributed by atoms with Crippen molar-refractivity contribution in [2.45, 2.75) is 12.6 Å². The van der Waals surface area contributed by atoms with Crippen LogP contribution in [0.2, 0.25) is 0 Å². The molecule has 8 heteroatoms. The number of hydrogen-bond acceptors (Lipinski definition) is 5. The molecule has 1 atom stereocenters. The molecule has 22 heavy (non-hydrogen) atoms. The van der Waals surface area contributed by atoms with Gasteiger partial charge in [0.25, 0.3) is 0 Å². The summed E-state index contributed by atoms with van der Waals surface area (Å²) in [6, 6.07) is 4.58. The van der Waals surface area contributed by atoms with Gasteiger partial charge in [-0.25, -0.2) is 13.8 Å². The van der Waals surface area contributed by atoms with Gasteiger partial charge in [0.2, 0.25) is 0 Å². The number of nitrogens with one attached hydrogen (secondary N) is 1. The van der Waals surface area contributed by atoms with E-state index in [9.17, 15) is 9.18 Å². The summed E-state index contributed by atoms with van der Waals surface area (Å²) >= 11 is 0. The number of oxazole rings is 1. The van der Waals surface area contributed by atoms with Gasteiger partial charge in [-0.3, -0.25) is 0 Å². The van der Waals surface area contributed by atoms with E-state index >= 15 is 0 Å². The van der Waals surface area contributed by atoms with Gasteiger partial charge in [-0.2, -0.15) is 0 Å². The highest BCUT2D eigenvalue weighted by atomic mass is 35.5. The van der Waals surface area contributed by atoms with Crippen LogP contribution in [0.3, 0.4) is 0 Å². The molecular formula is C14H17ClFN3O3. The van der Waals surface area contributed by atoms with Crippen molar-refractivity contribution >= 4 is 12.4 Å². The fraction of sp³-hybridized carbons (Fsp3) is 0.357. The first-order valence-corrected chi connectivity index (χ1v) is 6.72. The highest BCUT2D eigenvalue weighted by Crippen LogP contribution is 2.24. The Hall–Kier alpha value is -1.67. The molecule has 1 fully saturated rings. The lowest BCUT2D eigenvalue weighted by molar-refractivity contribution is 0.0255. The van der Waals surface area contributed by atoms with Crippen molar-refractivity contribution < 1.29 is 13.5 Å². The minimum absolute atomic E-state index is 0. The van der Waals surface area contributed by atoms with Gasteiger partial charge in [0.15, 0.2) is 0 Å². The lowest BCUT2D eigenvalue weighted by Crippen LogP contribution is -2.33. The van der Waals surface area contributed by atoms with E-state index in [1.54, 1.807) is 12.1 Å². The number of ether oxygens (including phenoxy) is 1. The summed E-state index contributed by atoms with van der Waals surface area (Å²) in [5, 5.41) is 3.15. The monoisotopic (exact) mass is 329 g/mol. The second-order valence-corrected chi connectivity index (χ2v) is 4.80. The summed E-state index contributed by atoms with van der Waals surface area (Å²) in [5.74, 6) is -1.00. The van der Waals surface area contributed by atoms with Crippen LogP contribution in [0, 0.1) is 5.82 Å². The zero-order valence-electron chi connectivity index (χ0n) is 11.8. The van der Waals surface area contributed by atoms with E-state index in [0.29, 0.717) is 30.1 Å². The molecule has 0 spiro atoms. The second-order valence-electron chi connectivity index (χ2n) is 4.80. The third-order valence-corrected chi connectivity index (χ3v) is 3.49. The van der Waals surface area contributed by atoms with Crippen molar-refractivity contribution in [1.29, 1.82) is 0 Å². The van der Waals surface area contributed by atoms with E-state index in [2.05, 4.69) is 5.32 Å². The third-order valence-electron chi connectivity index (χ3n) is 3.49. The van der Waals surface area contributed by atoms with Gasteiger partial charge in [-0.15, -0.1) is 12.4 Å². The standard InChI is InChI=1S/C14H16FN3O3.ClH/c15-12-5-9(18-10(6-16)8-21-14(18)19)1-2-11(12)13-7-17-3-4-20-13;/h1-2,5,8,13,17H,3-4,6-7,16H2;1H/t13-;/m1./s1. The van der Waals surface area contributed by atoms with Crippen molar-refractivity contribution in [3.63, 3.8) is 0 Å². The molecule has 0 amide bonds. The predicted molar refractivity (Wildman–Crippen MR) is 81.0 cm³/mol. The smallest absolute Gasteiger partial charge is 0.416 e. The lowest BCUT2D eigenvalue weighted by Gasteiger charge is -2.24. The van der Waals surface area contributed by atoms with E-state index in [4.69, 9.17) is 14.9 Å². The molecule has 120 valence electrons. The largest absolute Gasteiger partial charge is 0.423 e. The highest BCUT2D eigenvalue weighted by molar-refractivity contribution is 5.85. The summed E-state index contributed by atoms with van der Waals surface area (Å²) in [4.78, 5) is 11.7. The van der Waals surface area contributed by atoms with Crippen LogP contribution in [0.1, 0.15) is 17.4 Å². The summed E-state index contributed by atoms with van der Waals surface area (Å²) in [7, 11) is 0. The Morgan fingerprint density at radius 1 is 1.45 bits per heavy atom. The van der Waals surface area contributed by atoms with Crippen molar-refractivity contribution in [2.24, 2.45) is 5.73 Å². The van der Waals surface area contributed by atoms with Crippen LogP contribution in [0.25, 0.3) is 5.69 Å². The van der Waals surface area contributed by atoms with Crippen LogP contribution in [0.4, 0.5) is 4.39 Å². The fourth-order valence-corrected chi connectivity index (χ4v) is 2.43. The van der Waals surface area contributed by atoms with Crippen LogP contribution in [0.5, 0.6) is 0 Å². The Labute approximate surface area is 132 Å². The minimum atomic E-state index is -0.585. The van der Waals surface area contributed by atoms with Crippen LogP contribution in [-0.4, -0.2) is 24.3 Å². The van der Waals surface area contributed by atoms with Crippen molar-refractivity contribution in [3.8, 4) is 5.69 Å². The molecule has 2 aromatic rings. The van der Waals surface area contributed by atoms with E-state index in [1.165, 1.54) is 16.9 Å². The van der Waals surface area contributed by atoms with Gasteiger partial charge in [-0.05, 0) is 12.1 Å². The topological polar surface area (TPSA) is 82.4 Å². The Morgan fingerprint density at radius 3 is 2.91 bits per heavy atom. The molecule has 0 radical (unpaired) electrons. The van der Waals surface area contributed by atoms with Gasteiger partial charge in [0, 0.05) is 25.2 Å². The minimum Gasteiger partial charge on any atom is -0.416 e. The van der Waals surface area contributed by atoms with Crippen molar-refractivity contribution in [3.05, 3.63) is 52.1 Å². The third kappa shape index (κ3) is 3.07. The molecule has 0 saturated carbocycles. The maximum absolute atomic E-state index is 14.3. The quantitative estimate of drug-likeness (QED) is 0.881. The van der Waals surface area contributed by atoms with Crippen LogP contribution < -0.4 is 16.8 Å². The molecule has 2 heterocycles. The Balaban J connectivity index is 0.00000176. The molecule has 3 rings (SSSR count). The summed E-state index contributed by atoms with van der Waals surface area (Å²) in [6.45, 7) is 2.01. The van der Waals surface area contributed by atoms with E-state index in [1.807, 2.05) is 0 Å². The SMILES string of the molecule is Cl.NCc1coc(=O)n1-c1ccc([C@H]2CNCCO2)c(F)c1. The van der Waals surface area contributed by atoms with E-state index in [0.717, 1.165) is 6.54 Å². The number of hydrogen-bond donors (Lipinski definition) is 2. The molecule has 0 unspecified atom stereocenters. The van der Waals surface area contributed by atoms with Gasteiger partial charge >= 0.3 is 5.76 Å². The first kappa shape index (κ1) is 16.7. The number of aromatic nitrogens is 1. The van der Waals surface area contributed by atoms with Crippen LogP contribution in [0.15, 0.2) is 33.7 Å². The molecular weight excluding hydrogens is 313 g/mol. The number of morpholine rings is 1. The summed E-state index contributed by atoms with van der Waals surface area (Å²) in [5.41, 5.74) is 6.89. The number of nitrogens with two attached hydrogens (primary N) is 1. The normalized spacial score (nSPS) is 18.0. The van der Waals surface area contributed by atoms with Gasteiger partial charge in [0.05, 0.1) is 24.1 Å². The van der Waals surface area contributed by atoms with Crippen LogP contribution >= 0.6 is 12.4 Å². The Kier molecular flexibility index (Phi) is 5.36. The highest BCUT2D eigenvalue weighted by Gasteiger charge is 2.20. The Bertz CT molecular complexity index is 695. The molecule has 1 aliphatic rings. The first-order chi connectivity index (χ1) is 10.2. The zero-order valence-corrected chi connectivity index (χ0v) is 12.6. The first-order valence-electron chi connectivity index (χ1n) is 6.72. The number of benzene rings is 1. The molecule has 0 aliphatic carbocycles. The molecule has 3 N–H and O–H groups in total. The van der Waals surface area contributed by atoms with Crippen molar-refractivity contribution in [1.82, 2.24) is 9.88 Å². The average Bonchev–Trinajstić information content (AvgIpc) is 2.89. The fourth-order valence-electron chi connectivity index (χ4n) is 2.43. The van der Waals surface area contributed by atoms with E-state index < -0.39 is 11.6 Å². The molecule has 6 nitrogen and oxygen atoms in total. The van der Waals surface area contributed by atoms with Gasteiger partial charge < -0.3 is 20.2 Å². The second kappa shape index (κ2) is 7.06. The zero-order chi connectivity index (χ0) is 14.8. The van der Waals surface area contributed by atoms with Crippen LogP contribution in [-0.2, 0) is 11.3 Å². The summed E-state index contributed by atoms with van der Waals surface area (Å²) < 4.78 is 25.9. The van der Waals surface area contributed by atoms with E-state index in [-0.39, 0.29) is 25.1 Å².